The Labute approximate surface area is 105 Å². The number of imidazole rings is 1. The smallest absolute Gasteiger partial charge is 0.399 e. The molecule has 1 aromatic carbocycles. The van der Waals surface area contributed by atoms with Crippen molar-refractivity contribution in [2.45, 2.75) is 11.5 Å². The minimum atomic E-state index is -4.58. The van der Waals surface area contributed by atoms with Crippen molar-refractivity contribution < 1.29 is 17.9 Å². The number of fused-ring (bicyclic) bond motifs is 1. The van der Waals surface area contributed by atoms with E-state index in [-0.39, 0.29) is 5.75 Å². The first-order valence-corrected chi connectivity index (χ1v) is 6.01. The molecule has 4 nitrogen and oxygen atoms in total. The molecular formula is C10H10F3N3OS. The number of H-pyrrole nitrogens is 1. The maximum Gasteiger partial charge on any atom is 0.522 e. The summed E-state index contributed by atoms with van der Waals surface area (Å²) < 4.78 is 38.8. The lowest BCUT2D eigenvalue weighted by Crippen LogP contribution is -2.15. The van der Waals surface area contributed by atoms with Crippen molar-refractivity contribution in [2.75, 3.05) is 18.1 Å². The fourth-order valence-electron chi connectivity index (χ4n) is 1.37. The Morgan fingerprint density at radius 2 is 2.17 bits per heavy atom. The first kappa shape index (κ1) is 13.0. The van der Waals surface area contributed by atoms with E-state index in [4.69, 9.17) is 5.73 Å². The van der Waals surface area contributed by atoms with E-state index < -0.39 is 13.0 Å². The molecule has 3 N–H and O–H groups in total. The topological polar surface area (TPSA) is 63.9 Å². The summed E-state index contributed by atoms with van der Waals surface area (Å²) in [6.07, 6.45) is -4.58. The number of benzene rings is 1. The number of aromatic nitrogens is 2. The average Bonchev–Trinajstić information content (AvgIpc) is 2.65. The van der Waals surface area contributed by atoms with Crippen LogP contribution in [0.15, 0.2) is 23.4 Å². The molecule has 2 rings (SSSR count). The highest BCUT2D eigenvalue weighted by Crippen LogP contribution is 2.22. The van der Waals surface area contributed by atoms with E-state index in [1.165, 1.54) is 0 Å². The second kappa shape index (κ2) is 5.07. The molecule has 0 fully saturated rings. The summed E-state index contributed by atoms with van der Waals surface area (Å²) in [7, 11) is 0. The third-order valence-electron chi connectivity index (χ3n) is 2.07. The Balaban J connectivity index is 1.92. The summed E-state index contributed by atoms with van der Waals surface area (Å²) in [5.74, 6) is 0.162. The third-order valence-corrected chi connectivity index (χ3v) is 2.91. The maximum atomic E-state index is 11.7. The molecule has 0 unspecified atom stereocenters. The summed E-state index contributed by atoms with van der Waals surface area (Å²) in [6, 6.07) is 5.18. The van der Waals surface area contributed by atoms with E-state index >= 15 is 0 Å². The van der Waals surface area contributed by atoms with Gasteiger partial charge >= 0.3 is 6.36 Å². The van der Waals surface area contributed by atoms with Gasteiger partial charge in [0.1, 0.15) is 0 Å². The molecule has 2 aromatic rings. The SMILES string of the molecule is Nc1ccc2nc(SCCOC(F)(F)F)[nH]c2c1. The number of thioether (sulfide) groups is 1. The number of nitrogens with one attached hydrogen (secondary N) is 1. The predicted molar refractivity (Wildman–Crippen MR) is 63.2 cm³/mol. The molecule has 0 aliphatic heterocycles. The highest BCUT2D eigenvalue weighted by atomic mass is 32.2. The summed E-state index contributed by atoms with van der Waals surface area (Å²) in [6.45, 7) is -0.409. The van der Waals surface area contributed by atoms with Gasteiger partial charge in [0.25, 0.3) is 0 Å². The van der Waals surface area contributed by atoms with Crippen molar-refractivity contribution in [1.82, 2.24) is 9.97 Å². The molecular weight excluding hydrogens is 267 g/mol. The lowest BCUT2D eigenvalue weighted by Gasteiger charge is -2.05. The molecule has 0 saturated heterocycles. The minimum absolute atomic E-state index is 0.162. The maximum absolute atomic E-state index is 11.7. The van der Waals surface area contributed by atoms with Crippen molar-refractivity contribution in [3.05, 3.63) is 18.2 Å². The van der Waals surface area contributed by atoms with Gasteiger partial charge in [-0.15, -0.1) is 13.2 Å². The van der Waals surface area contributed by atoms with Gasteiger partial charge in [-0.1, -0.05) is 11.8 Å². The Bertz CT molecular complexity index is 541. The largest absolute Gasteiger partial charge is 0.522 e. The van der Waals surface area contributed by atoms with Gasteiger partial charge in [0, 0.05) is 11.4 Å². The van der Waals surface area contributed by atoms with Gasteiger partial charge < -0.3 is 10.7 Å². The van der Waals surface area contributed by atoms with Crippen molar-refractivity contribution in [1.29, 1.82) is 0 Å². The van der Waals surface area contributed by atoms with Crippen LogP contribution >= 0.6 is 11.8 Å². The van der Waals surface area contributed by atoms with E-state index in [0.29, 0.717) is 10.8 Å². The van der Waals surface area contributed by atoms with Gasteiger partial charge in [0.05, 0.1) is 17.6 Å². The number of aromatic amines is 1. The molecule has 0 radical (unpaired) electrons. The lowest BCUT2D eigenvalue weighted by atomic mass is 10.3. The van der Waals surface area contributed by atoms with E-state index in [0.717, 1.165) is 22.8 Å². The van der Waals surface area contributed by atoms with Crippen LogP contribution in [-0.4, -0.2) is 28.7 Å². The van der Waals surface area contributed by atoms with Gasteiger partial charge in [-0.3, -0.25) is 4.74 Å². The van der Waals surface area contributed by atoms with Gasteiger partial charge in [0.15, 0.2) is 5.16 Å². The van der Waals surface area contributed by atoms with Crippen LogP contribution in [0.2, 0.25) is 0 Å². The van der Waals surface area contributed by atoms with Crippen LogP contribution in [-0.2, 0) is 4.74 Å². The van der Waals surface area contributed by atoms with Crippen LogP contribution < -0.4 is 5.73 Å². The molecule has 0 saturated carbocycles. The van der Waals surface area contributed by atoms with Crippen molar-refractivity contribution in [2.24, 2.45) is 0 Å². The summed E-state index contributed by atoms with van der Waals surface area (Å²) in [5.41, 5.74) is 7.69. The van der Waals surface area contributed by atoms with Crippen LogP contribution in [0.25, 0.3) is 11.0 Å². The number of rotatable bonds is 4. The molecule has 0 aliphatic rings. The van der Waals surface area contributed by atoms with E-state index in [1.54, 1.807) is 18.2 Å². The Hall–Kier alpha value is -1.41. The highest BCUT2D eigenvalue weighted by molar-refractivity contribution is 7.99. The number of ether oxygens (including phenoxy) is 1. The number of hydrogen-bond donors (Lipinski definition) is 2. The molecule has 1 heterocycles. The van der Waals surface area contributed by atoms with Gasteiger partial charge in [-0.2, -0.15) is 0 Å². The number of nitrogen functional groups attached to an aromatic ring is 1. The zero-order valence-electron chi connectivity index (χ0n) is 9.12. The van der Waals surface area contributed by atoms with E-state index in [9.17, 15) is 13.2 Å². The van der Waals surface area contributed by atoms with Crippen molar-refractivity contribution in [3.63, 3.8) is 0 Å². The minimum Gasteiger partial charge on any atom is -0.399 e. The second-order valence-corrected chi connectivity index (χ2v) is 4.54. The van der Waals surface area contributed by atoms with Crippen molar-refractivity contribution >= 4 is 28.5 Å². The number of halogens is 3. The molecule has 0 atom stereocenters. The molecule has 0 aliphatic carbocycles. The number of anilines is 1. The fraction of sp³-hybridized carbons (Fsp3) is 0.300. The van der Waals surface area contributed by atoms with Gasteiger partial charge in [-0.25, -0.2) is 4.98 Å². The Morgan fingerprint density at radius 1 is 1.39 bits per heavy atom. The average molecular weight is 277 g/mol. The number of alkyl halides is 3. The van der Waals surface area contributed by atoms with Crippen LogP contribution in [0.5, 0.6) is 0 Å². The lowest BCUT2D eigenvalue weighted by molar-refractivity contribution is -0.322. The zero-order valence-corrected chi connectivity index (χ0v) is 9.94. The number of hydrogen-bond acceptors (Lipinski definition) is 4. The molecule has 0 spiro atoms. The molecule has 0 bridgehead atoms. The van der Waals surface area contributed by atoms with Crippen molar-refractivity contribution in [3.8, 4) is 0 Å². The number of nitrogens with two attached hydrogens (primary N) is 1. The van der Waals surface area contributed by atoms with Crippen LogP contribution in [0, 0.1) is 0 Å². The van der Waals surface area contributed by atoms with Crippen LogP contribution in [0.1, 0.15) is 0 Å². The molecule has 8 heteroatoms. The van der Waals surface area contributed by atoms with Crippen LogP contribution in [0.3, 0.4) is 0 Å². The second-order valence-electron chi connectivity index (χ2n) is 3.46. The zero-order chi connectivity index (χ0) is 13.2. The monoisotopic (exact) mass is 277 g/mol. The summed E-state index contributed by atoms with van der Waals surface area (Å²) >= 11 is 1.16. The molecule has 98 valence electrons. The Morgan fingerprint density at radius 3 is 2.89 bits per heavy atom. The molecule has 18 heavy (non-hydrogen) atoms. The normalized spacial score (nSPS) is 12.2. The predicted octanol–water partition coefficient (Wildman–Crippen LogP) is 2.77. The van der Waals surface area contributed by atoms with E-state index in [2.05, 4.69) is 14.7 Å². The first-order chi connectivity index (χ1) is 8.44. The highest BCUT2D eigenvalue weighted by Gasteiger charge is 2.28. The molecule has 0 amide bonds. The fourth-order valence-corrected chi connectivity index (χ4v) is 2.07. The Kier molecular flexibility index (Phi) is 3.67. The number of nitrogens with zero attached hydrogens (tertiary/aromatic N) is 1. The third kappa shape index (κ3) is 3.54. The quantitative estimate of drug-likeness (QED) is 0.512. The van der Waals surface area contributed by atoms with Gasteiger partial charge in [0.2, 0.25) is 0 Å². The van der Waals surface area contributed by atoms with E-state index in [1.807, 2.05) is 0 Å². The summed E-state index contributed by atoms with van der Waals surface area (Å²) in [4.78, 5) is 7.17. The summed E-state index contributed by atoms with van der Waals surface area (Å²) in [5, 5.41) is 0.543. The first-order valence-electron chi connectivity index (χ1n) is 5.03. The molecule has 1 aromatic heterocycles. The standard InChI is InChI=1S/C10H10F3N3OS/c11-10(12,13)17-3-4-18-9-15-7-2-1-6(14)5-8(7)16-9/h1-2,5H,3-4,14H2,(H,15,16). The van der Waals surface area contributed by atoms with Gasteiger partial charge in [-0.05, 0) is 18.2 Å². The van der Waals surface area contributed by atoms with Crippen LogP contribution in [0.4, 0.5) is 18.9 Å².